The van der Waals surface area contributed by atoms with Gasteiger partial charge in [-0.2, -0.15) is 0 Å². The van der Waals surface area contributed by atoms with E-state index in [2.05, 4.69) is 9.97 Å². The van der Waals surface area contributed by atoms with Crippen LogP contribution in [0.3, 0.4) is 0 Å². The second-order valence-corrected chi connectivity index (χ2v) is 1.81. The number of hydrogen-bond acceptors (Lipinski definition) is 2. The Kier molecular flexibility index (Phi) is 2.04. The van der Waals surface area contributed by atoms with E-state index in [1.807, 2.05) is 0 Å². The zero-order valence-corrected chi connectivity index (χ0v) is 5.24. The molecule has 0 aliphatic carbocycles. The first kappa shape index (κ1) is 6.80. The summed E-state index contributed by atoms with van der Waals surface area (Å²) in [5.74, 6) is -0.914. The molecule has 0 spiro atoms. The molecule has 0 saturated heterocycles. The molecular weight excluding hydrogens is 132 g/mol. The number of carboxylic acids is 1. The third kappa shape index (κ3) is 1.89. The molecule has 0 unspecified atom stereocenters. The van der Waals surface area contributed by atoms with Gasteiger partial charge in [-0.25, -0.2) is 4.98 Å². The van der Waals surface area contributed by atoms with Gasteiger partial charge in [-0.3, -0.25) is 4.79 Å². The number of imidazole rings is 1. The minimum Gasteiger partial charge on any atom is -0.481 e. The predicted molar refractivity (Wildman–Crippen MR) is 34.2 cm³/mol. The molecule has 0 amide bonds. The maximum atomic E-state index is 10.0. The third-order valence-electron chi connectivity index (χ3n) is 1.04. The SMILES string of the molecule is O=C(O)[CH]Cc1c[nH]cn1. The number of aliphatic carboxylic acids is 1. The van der Waals surface area contributed by atoms with E-state index in [0.29, 0.717) is 6.42 Å². The number of aromatic nitrogens is 2. The van der Waals surface area contributed by atoms with Crippen LogP contribution in [0.25, 0.3) is 0 Å². The topological polar surface area (TPSA) is 66.0 Å². The van der Waals surface area contributed by atoms with E-state index in [1.165, 1.54) is 6.33 Å². The maximum Gasteiger partial charge on any atom is 0.307 e. The molecule has 0 aliphatic rings. The average Bonchev–Trinajstić information content (AvgIpc) is 2.34. The van der Waals surface area contributed by atoms with Crippen LogP contribution >= 0.6 is 0 Å². The number of nitrogens with zero attached hydrogens (tertiary/aromatic N) is 1. The van der Waals surface area contributed by atoms with Crippen LogP contribution in [0, 0.1) is 6.42 Å². The molecule has 1 radical (unpaired) electrons. The summed E-state index contributed by atoms with van der Waals surface area (Å²) in [5.41, 5.74) is 0.738. The van der Waals surface area contributed by atoms with Crippen LogP contribution in [-0.4, -0.2) is 21.0 Å². The van der Waals surface area contributed by atoms with Crippen LogP contribution in [0.4, 0.5) is 0 Å². The first-order chi connectivity index (χ1) is 4.79. The molecule has 1 rings (SSSR count). The van der Waals surface area contributed by atoms with Gasteiger partial charge < -0.3 is 10.1 Å². The van der Waals surface area contributed by atoms with Crippen LogP contribution in [0.15, 0.2) is 12.5 Å². The van der Waals surface area contributed by atoms with Gasteiger partial charge in [0, 0.05) is 12.6 Å². The fourth-order valence-electron chi connectivity index (χ4n) is 0.594. The monoisotopic (exact) mass is 139 g/mol. The van der Waals surface area contributed by atoms with Crippen LogP contribution < -0.4 is 0 Å². The molecular formula is C6H7N2O2. The number of H-pyrrole nitrogens is 1. The summed E-state index contributed by atoms with van der Waals surface area (Å²) < 4.78 is 0. The molecule has 10 heavy (non-hydrogen) atoms. The van der Waals surface area contributed by atoms with Crippen LogP contribution in [0.1, 0.15) is 5.69 Å². The lowest BCUT2D eigenvalue weighted by Gasteiger charge is -1.87. The molecule has 0 aromatic carbocycles. The standard InChI is InChI=1S/C6H7N2O2/c9-6(10)2-1-5-3-7-4-8-5/h2-4H,1H2,(H,7,8)(H,9,10). The van der Waals surface area contributed by atoms with Gasteiger partial charge in [0.25, 0.3) is 0 Å². The minimum atomic E-state index is -0.914. The van der Waals surface area contributed by atoms with Gasteiger partial charge in [0.05, 0.1) is 18.4 Å². The summed E-state index contributed by atoms with van der Waals surface area (Å²) in [6.45, 7) is 0. The van der Waals surface area contributed by atoms with Crippen molar-refractivity contribution in [2.45, 2.75) is 6.42 Å². The highest BCUT2D eigenvalue weighted by molar-refractivity contribution is 5.76. The Morgan fingerprint density at radius 1 is 1.90 bits per heavy atom. The van der Waals surface area contributed by atoms with E-state index in [4.69, 9.17) is 5.11 Å². The molecule has 2 N–H and O–H groups in total. The number of aromatic amines is 1. The van der Waals surface area contributed by atoms with Crippen molar-refractivity contribution in [3.05, 3.63) is 24.6 Å². The molecule has 4 heteroatoms. The van der Waals surface area contributed by atoms with Crippen LogP contribution in [-0.2, 0) is 11.2 Å². The lowest BCUT2D eigenvalue weighted by atomic mass is 10.2. The van der Waals surface area contributed by atoms with Crippen LogP contribution in [0.2, 0.25) is 0 Å². The largest absolute Gasteiger partial charge is 0.481 e. The molecule has 0 fully saturated rings. The Bertz CT molecular complexity index is 206. The van der Waals surface area contributed by atoms with Gasteiger partial charge in [-0.1, -0.05) is 0 Å². The summed E-state index contributed by atoms with van der Waals surface area (Å²) in [5, 5.41) is 8.22. The van der Waals surface area contributed by atoms with Gasteiger partial charge in [-0.15, -0.1) is 0 Å². The van der Waals surface area contributed by atoms with Crippen molar-refractivity contribution in [3.63, 3.8) is 0 Å². The normalized spacial score (nSPS) is 9.60. The van der Waals surface area contributed by atoms with Gasteiger partial charge in [0.2, 0.25) is 0 Å². The highest BCUT2D eigenvalue weighted by atomic mass is 16.4. The predicted octanol–water partition coefficient (Wildman–Crippen LogP) is 0.241. The zero-order valence-electron chi connectivity index (χ0n) is 5.24. The van der Waals surface area contributed by atoms with Crippen molar-refractivity contribution in [3.8, 4) is 0 Å². The van der Waals surface area contributed by atoms with Crippen molar-refractivity contribution in [2.24, 2.45) is 0 Å². The van der Waals surface area contributed by atoms with Gasteiger partial charge >= 0.3 is 5.97 Å². The van der Waals surface area contributed by atoms with Crippen molar-refractivity contribution in [1.82, 2.24) is 9.97 Å². The van der Waals surface area contributed by atoms with Crippen molar-refractivity contribution < 1.29 is 9.90 Å². The second-order valence-electron chi connectivity index (χ2n) is 1.81. The zero-order chi connectivity index (χ0) is 7.40. The maximum absolute atomic E-state index is 10.0. The van der Waals surface area contributed by atoms with E-state index in [9.17, 15) is 4.79 Å². The number of carboxylic acid groups (broad SMARTS) is 1. The molecule has 1 heterocycles. The van der Waals surface area contributed by atoms with Crippen molar-refractivity contribution in [2.75, 3.05) is 0 Å². The summed E-state index contributed by atoms with van der Waals surface area (Å²) in [4.78, 5) is 16.6. The summed E-state index contributed by atoms with van der Waals surface area (Å²) in [6, 6.07) is 0. The quantitative estimate of drug-likeness (QED) is 0.630. The molecule has 53 valence electrons. The van der Waals surface area contributed by atoms with E-state index in [-0.39, 0.29) is 0 Å². The molecule has 0 saturated carbocycles. The Labute approximate surface area is 57.9 Å². The van der Waals surface area contributed by atoms with E-state index < -0.39 is 5.97 Å². The average molecular weight is 139 g/mol. The number of hydrogen-bond donors (Lipinski definition) is 2. The molecule has 4 nitrogen and oxygen atoms in total. The Morgan fingerprint density at radius 3 is 3.20 bits per heavy atom. The van der Waals surface area contributed by atoms with E-state index in [0.717, 1.165) is 12.1 Å². The number of nitrogens with one attached hydrogen (secondary N) is 1. The van der Waals surface area contributed by atoms with Crippen molar-refractivity contribution >= 4 is 5.97 Å². The highest BCUT2D eigenvalue weighted by Crippen LogP contribution is 1.94. The minimum absolute atomic E-state index is 0.374. The number of carbonyl (C=O) groups is 1. The first-order valence-electron chi connectivity index (χ1n) is 2.83. The van der Waals surface area contributed by atoms with Gasteiger partial charge in [-0.05, 0) is 0 Å². The summed E-state index contributed by atoms with van der Waals surface area (Å²) in [7, 11) is 0. The van der Waals surface area contributed by atoms with Crippen LogP contribution in [0.5, 0.6) is 0 Å². The fourth-order valence-corrected chi connectivity index (χ4v) is 0.594. The van der Waals surface area contributed by atoms with Gasteiger partial charge in [0.1, 0.15) is 0 Å². The van der Waals surface area contributed by atoms with Crippen molar-refractivity contribution in [1.29, 1.82) is 0 Å². The summed E-state index contributed by atoms with van der Waals surface area (Å²) >= 11 is 0. The third-order valence-corrected chi connectivity index (χ3v) is 1.04. The molecule has 0 bridgehead atoms. The fraction of sp³-hybridized carbons (Fsp3) is 0.167. The Balaban J connectivity index is 2.35. The molecule has 1 aromatic rings. The second kappa shape index (κ2) is 3.00. The first-order valence-corrected chi connectivity index (χ1v) is 2.83. The Hall–Kier alpha value is -1.32. The molecule has 0 aliphatic heterocycles. The van der Waals surface area contributed by atoms with E-state index in [1.54, 1.807) is 6.20 Å². The van der Waals surface area contributed by atoms with Gasteiger partial charge in [0.15, 0.2) is 0 Å². The summed E-state index contributed by atoms with van der Waals surface area (Å²) in [6.07, 6.45) is 4.72. The molecule has 1 aromatic heterocycles. The number of rotatable bonds is 3. The Morgan fingerprint density at radius 2 is 2.70 bits per heavy atom. The molecule has 0 atom stereocenters. The lowest BCUT2D eigenvalue weighted by molar-refractivity contribution is -0.133. The van der Waals surface area contributed by atoms with E-state index >= 15 is 0 Å². The highest BCUT2D eigenvalue weighted by Gasteiger charge is 1.99. The lowest BCUT2D eigenvalue weighted by Crippen LogP contribution is -1.98. The smallest absolute Gasteiger partial charge is 0.307 e.